The number of carbonyl (C=O) groups is 2. The first-order valence-corrected chi connectivity index (χ1v) is 14.4. The average molecular weight is 552 g/mol. The monoisotopic (exact) mass is 551 g/mol. The number of anilines is 1. The summed E-state index contributed by atoms with van der Waals surface area (Å²) < 4.78 is 34.1. The Balaban J connectivity index is 2.02. The van der Waals surface area contributed by atoms with Crippen LogP contribution in [0.2, 0.25) is 0 Å². The number of hydrogen-bond acceptors (Lipinski definition) is 5. The number of carbonyl (C=O) groups excluding carboxylic acids is 2. The summed E-state index contributed by atoms with van der Waals surface area (Å²) in [5, 5.41) is 2.84. The lowest BCUT2D eigenvalue weighted by molar-refractivity contribution is -0.139. The molecule has 3 aromatic rings. The molecule has 0 radical (unpaired) electrons. The van der Waals surface area contributed by atoms with Gasteiger partial charge in [0.25, 0.3) is 10.0 Å². The highest BCUT2D eigenvalue weighted by Crippen LogP contribution is 2.25. The Kier molecular flexibility index (Phi) is 10.1. The van der Waals surface area contributed by atoms with Crippen LogP contribution in [0.1, 0.15) is 37.0 Å². The summed E-state index contributed by atoms with van der Waals surface area (Å²) in [6.45, 7) is 7.46. The second-order valence-corrected chi connectivity index (χ2v) is 11.4. The molecule has 0 fully saturated rings. The minimum Gasteiger partial charge on any atom is -0.497 e. The van der Waals surface area contributed by atoms with Gasteiger partial charge in [-0.2, -0.15) is 0 Å². The molecular weight excluding hydrogens is 514 g/mol. The van der Waals surface area contributed by atoms with E-state index in [2.05, 4.69) is 5.32 Å². The minimum atomic E-state index is -4.09. The molecule has 39 heavy (non-hydrogen) atoms. The summed E-state index contributed by atoms with van der Waals surface area (Å²) in [6.07, 6.45) is 0.748. The van der Waals surface area contributed by atoms with Crippen LogP contribution in [0.4, 0.5) is 5.69 Å². The molecule has 0 saturated carbocycles. The van der Waals surface area contributed by atoms with E-state index in [9.17, 15) is 18.0 Å². The molecule has 8 nitrogen and oxygen atoms in total. The molecule has 208 valence electrons. The molecule has 1 N–H and O–H groups in total. The lowest BCUT2D eigenvalue weighted by atomic mass is 10.1. The smallest absolute Gasteiger partial charge is 0.264 e. The molecule has 0 aliphatic heterocycles. The zero-order chi connectivity index (χ0) is 28.6. The first-order chi connectivity index (χ1) is 18.6. The molecule has 0 heterocycles. The van der Waals surface area contributed by atoms with Crippen LogP contribution in [-0.4, -0.2) is 51.4 Å². The van der Waals surface area contributed by atoms with Crippen molar-refractivity contribution >= 4 is 27.5 Å². The van der Waals surface area contributed by atoms with E-state index in [1.54, 1.807) is 68.6 Å². The van der Waals surface area contributed by atoms with E-state index in [1.165, 1.54) is 17.0 Å². The summed E-state index contributed by atoms with van der Waals surface area (Å²) in [5.41, 5.74) is 2.99. The standard InChI is InChI=1S/C30H37N3O5S/c1-6-18-31-30(35)24(4)32(20-25-8-7-9-27(19-25)38-5)29(34)21-33(26-14-10-22(2)11-15-26)39(36,37)28-16-12-23(3)13-17-28/h7-17,19,24H,6,18,20-21H2,1-5H3,(H,31,35). The van der Waals surface area contributed by atoms with Crippen molar-refractivity contribution in [3.63, 3.8) is 0 Å². The molecule has 2 amide bonds. The Morgan fingerprint density at radius 3 is 2.15 bits per heavy atom. The first-order valence-electron chi connectivity index (χ1n) is 12.9. The second-order valence-electron chi connectivity index (χ2n) is 9.50. The van der Waals surface area contributed by atoms with Gasteiger partial charge < -0.3 is 15.0 Å². The highest BCUT2D eigenvalue weighted by atomic mass is 32.2. The third-order valence-corrected chi connectivity index (χ3v) is 8.20. The largest absolute Gasteiger partial charge is 0.497 e. The van der Waals surface area contributed by atoms with Gasteiger partial charge >= 0.3 is 0 Å². The van der Waals surface area contributed by atoms with Crippen molar-refractivity contribution in [2.75, 3.05) is 24.5 Å². The zero-order valence-corrected chi connectivity index (χ0v) is 24.0. The molecule has 0 bridgehead atoms. The van der Waals surface area contributed by atoms with Gasteiger partial charge in [-0.15, -0.1) is 0 Å². The number of amides is 2. The molecule has 1 atom stereocenters. The molecule has 0 saturated heterocycles. The maximum absolute atomic E-state index is 13.9. The number of sulfonamides is 1. The van der Waals surface area contributed by atoms with Gasteiger partial charge in [-0.05, 0) is 69.2 Å². The van der Waals surface area contributed by atoms with Gasteiger partial charge in [-0.3, -0.25) is 13.9 Å². The van der Waals surface area contributed by atoms with E-state index in [0.29, 0.717) is 18.0 Å². The Morgan fingerprint density at radius 1 is 0.949 bits per heavy atom. The highest BCUT2D eigenvalue weighted by Gasteiger charge is 2.32. The summed E-state index contributed by atoms with van der Waals surface area (Å²) in [6, 6.07) is 19.8. The molecule has 0 aliphatic carbocycles. The van der Waals surface area contributed by atoms with Crippen LogP contribution in [0.5, 0.6) is 5.75 Å². The van der Waals surface area contributed by atoms with E-state index in [0.717, 1.165) is 27.4 Å². The lowest BCUT2D eigenvalue weighted by Gasteiger charge is -2.32. The van der Waals surface area contributed by atoms with Crippen molar-refractivity contribution in [2.45, 2.75) is 51.6 Å². The van der Waals surface area contributed by atoms with Crippen LogP contribution in [0, 0.1) is 13.8 Å². The van der Waals surface area contributed by atoms with E-state index >= 15 is 0 Å². The van der Waals surface area contributed by atoms with Gasteiger partial charge in [0.1, 0.15) is 18.3 Å². The van der Waals surface area contributed by atoms with Gasteiger partial charge in [0, 0.05) is 13.1 Å². The molecule has 0 aliphatic rings. The van der Waals surface area contributed by atoms with E-state index in [-0.39, 0.29) is 17.3 Å². The fourth-order valence-electron chi connectivity index (χ4n) is 4.02. The van der Waals surface area contributed by atoms with Crippen molar-refractivity contribution in [3.8, 4) is 5.75 Å². The Hall–Kier alpha value is -3.85. The van der Waals surface area contributed by atoms with Crippen LogP contribution in [0.25, 0.3) is 0 Å². The van der Waals surface area contributed by atoms with Crippen molar-refractivity contribution in [1.82, 2.24) is 10.2 Å². The third kappa shape index (κ3) is 7.60. The summed E-state index contributed by atoms with van der Waals surface area (Å²) in [5.74, 6) is -0.198. The van der Waals surface area contributed by atoms with Crippen molar-refractivity contribution < 1.29 is 22.7 Å². The summed E-state index contributed by atoms with van der Waals surface area (Å²) >= 11 is 0. The maximum Gasteiger partial charge on any atom is 0.264 e. The fourth-order valence-corrected chi connectivity index (χ4v) is 5.44. The number of benzene rings is 3. The number of aryl methyl sites for hydroxylation is 2. The number of rotatable bonds is 12. The van der Waals surface area contributed by atoms with E-state index in [1.807, 2.05) is 26.8 Å². The molecule has 3 rings (SSSR count). The molecule has 1 unspecified atom stereocenters. The Bertz CT molecular complexity index is 1370. The van der Waals surface area contributed by atoms with Gasteiger partial charge in [0.2, 0.25) is 11.8 Å². The normalized spacial score (nSPS) is 11.9. The first kappa shape index (κ1) is 29.7. The SMILES string of the molecule is CCCNC(=O)C(C)N(Cc1cccc(OC)c1)C(=O)CN(c1ccc(C)cc1)S(=O)(=O)c1ccc(C)cc1. The second kappa shape index (κ2) is 13.3. The van der Waals surface area contributed by atoms with Gasteiger partial charge in [-0.1, -0.05) is 54.4 Å². The predicted octanol–water partition coefficient (Wildman–Crippen LogP) is 4.45. The van der Waals surface area contributed by atoms with Crippen molar-refractivity contribution in [2.24, 2.45) is 0 Å². The van der Waals surface area contributed by atoms with E-state index in [4.69, 9.17) is 4.74 Å². The number of nitrogens with zero attached hydrogens (tertiary/aromatic N) is 2. The quantitative estimate of drug-likeness (QED) is 0.359. The molecular formula is C30H37N3O5S. The van der Waals surface area contributed by atoms with Crippen LogP contribution < -0.4 is 14.4 Å². The summed E-state index contributed by atoms with van der Waals surface area (Å²) in [4.78, 5) is 28.3. The number of ether oxygens (including phenoxy) is 1. The zero-order valence-electron chi connectivity index (χ0n) is 23.2. The third-order valence-electron chi connectivity index (χ3n) is 6.41. The lowest BCUT2D eigenvalue weighted by Crippen LogP contribution is -2.51. The van der Waals surface area contributed by atoms with Crippen LogP contribution in [0.3, 0.4) is 0 Å². The average Bonchev–Trinajstić information content (AvgIpc) is 2.93. The number of hydrogen-bond donors (Lipinski definition) is 1. The van der Waals surface area contributed by atoms with Gasteiger partial charge in [0.05, 0.1) is 17.7 Å². The van der Waals surface area contributed by atoms with Crippen LogP contribution in [0.15, 0.2) is 77.7 Å². The Morgan fingerprint density at radius 2 is 1.56 bits per heavy atom. The molecule has 0 spiro atoms. The Labute approximate surface area is 231 Å². The molecule has 0 aromatic heterocycles. The minimum absolute atomic E-state index is 0.0783. The fraction of sp³-hybridized carbons (Fsp3) is 0.333. The van der Waals surface area contributed by atoms with Crippen LogP contribution in [-0.2, 0) is 26.2 Å². The van der Waals surface area contributed by atoms with Gasteiger partial charge in [0.15, 0.2) is 0 Å². The topological polar surface area (TPSA) is 96.0 Å². The van der Waals surface area contributed by atoms with E-state index < -0.39 is 28.5 Å². The number of methoxy groups -OCH3 is 1. The number of nitrogens with one attached hydrogen (secondary N) is 1. The molecule has 9 heteroatoms. The van der Waals surface area contributed by atoms with Crippen molar-refractivity contribution in [1.29, 1.82) is 0 Å². The van der Waals surface area contributed by atoms with Crippen molar-refractivity contribution in [3.05, 3.63) is 89.5 Å². The highest BCUT2D eigenvalue weighted by molar-refractivity contribution is 7.92. The van der Waals surface area contributed by atoms with Crippen LogP contribution >= 0.6 is 0 Å². The summed E-state index contributed by atoms with van der Waals surface area (Å²) in [7, 11) is -2.54. The van der Waals surface area contributed by atoms with Gasteiger partial charge in [-0.25, -0.2) is 8.42 Å². The predicted molar refractivity (Wildman–Crippen MR) is 153 cm³/mol. The molecule has 3 aromatic carbocycles. The maximum atomic E-state index is 13.9.